The quantitative estimate of drug-likeness (QED) is 0.809. The molecule has 1 aliphatic heterocycles. The maximum Gasteiger partial charge on any atom is 0.431 e. The van der Waals surface area contributed by atoms with Gasteiger partial charge in [-0.2, -0.15) is 13.2 Å². The summed E-state index contributed by atoms with van der Waals surface area (Å²) in [6.07, 6.45) is -3.43. The standard InChI is InChI=1S/C16H11F3N2/c17-16(18,19)15-10-14(11-6-2-1-3-7-11)20-12-8-4-5-9-13(12)21-15/h1-10,21H. The Hall–Kier alpha value is -2.56. The molecule has 21 heavy (non-hydrogen) atoms. The third kappa shape index (κ3) is 2.81. The lowest BCUT2D eigenvalue weighted by Gasteiger charge is -2.13. The molecule has 0 bridgehead atoms. The van der Waals surface area contributed by atoms with E-state index in [1.165, 1.54) is 0 Å². The molecule has 0 radical (unpaired) electrons. The number of fused-ring (bicyclic) bond motifs is 1. The van der Waals surface area contributed by atoms with E-state index < -0.39 is 11.9 Å². The minimum Gasteiger partial charge on any atom is -0.350 e. The van der Waals surface area contributed by atoms with E-state index in [0.717, 1.165) is 6.08 Å². The monoisotopic (exact) mass is 288 g/mol. The van der Waals surface area contributed by atoms with Crippen LogP contribution in [0.5, 0.6) is 0 Å². The molecule has 0 amide bonds. The molecule has 3 rings (SSSR count). The minimum atomic E-state index is -4.47. The topological polar surface area (TPSA) is 24.4 Å². The van der Waals surface area contributed by atoms with E-state index in [9.17, 15) is 13.2 Å². The van der Waals surface area contributed by atoms with Crippen molar-refractivity contribution in [3.05, 3.63) is 71.9 Å². The van der Waals surface area contributed by atoms with Crippen molar-refractivity contribution >= 4 is 17.1 Å². The zero-order valence-electron chi connectivity index (χ0n) is 10.9. The first-order valence-corrected chi connectivity index (χ1v) is 6.33. The zero-order valence-corrected chi connectivity index (χ0v) is 10.9. The highest BCUT2D eigenvalue weighted by atomic mass is 19.4. The molecular formula is C16H11F3N2. The van der Waals surface area contributed by atoms with Crippen LogP contribution in [0.4, 0.5) is 24.5 Å². The molecule has 0 aliphatic carbocycles. The third-order valence-electron chi connectivity index (χ3n) is 3.07. The number of alkyl halides is 3. The van der Waals surface area contributed by atoms with Gasteiger partial charge in [-0.3, -0.25) is 0 Å². The van der Waals surface area contributed by atoms with E-state index in [0.29, 0.717) is 16.9 Å². The number of anilines is 1. The highest BCUT2D eigenvalue weighted by Crippen LogP contribution is 2.34. The molecule has 1 N–H and O–H groups in total. The fourth-order valence-electron chi connectivity index (χ4n) is 2.07. The third-order valence-corrected chi connectivity index (χ3v) is 3.07. The number of nitrogens with one attached hydrogen (secondary N) is 1. The maximum atomic E-state index is 13.1. The Morgan fingerprint density at radius 2 is 1.52 bits per heavy atom. The van der Waals surface area contributed by atoms with Gasteiger partial charge in [0.2, 0.25) is 0 Å². The van der Waals surface area contributed by atoms with Gasteiger partial charge in [0.15, 0.2) is 0 Å². The largest absolute Gasteiger partial charge is 0.431 e. The van der Waals surface area contributed by atoms with Gasteiger partial charge in [-0.1, -0.05) is 42.5 Å². The first kappa shape index (κ1) is 13.4. The minimum absolute atomic E-state index is 0.278. The van der Waals surface area contributed by atoms with Gasteiger partial charge >= 0.3 is 6.18 Å². The average molecular weight is 288 g/mol. The number of allylic oxidation sites excluding steroid dienone is 2. The summed E-state index contributed by atoms with van der Waals surface area (Å²) < 4.78 is 39.4. The Kier molecular flexibility index (Phi) is 3.25. The Morgan fingerprint density at radius 3 is 2.24 bits per heavy atom. The van der Waals surface area contributed by atoms with Crippen LogP contribution in [0, 0.1) is 0 Å². The van der Waals surface area contributed by atoms with Crippen molar-refractivity contribution in [2.24, 2.45) is 4.99 Å². The molecule has 1 heterocycles. The average Bonchev–Trinajstić information content (AvgIpc) is 2.67. The molecule has 0 spiro atoms. The van der Waals surface area contributed by atoms with E-state index in [2.05, 4.69) is 10.3 Å². The Morgan fingerprint density at radius 1 is 0.857 bits per heavy atom. The zero-order chi connectivity index (χ0) is 14.9. The summed E-state index contributed by atoms with van der Waals surface area (Å²) in [5.74, 6) is 0. The van der Waals surface area contributed by atoms with Crippen molar-refractivity contribution in [2.75, 3.05) is 5.32 Å². The number of hydrogen-bond acceptors (Lipinski definition) is 2. The SMILES string of the molecule is FC(F)(F)C1=CC(c2ccccc2)=Nc2ccccc2N1. The lowest BCUT2D eigenvalue weighted by Crippen LogP contribution is -2.19. The molecule has 5 heteroatoms. The normalized spacial score (nSPS) is 14.4. The fourth-order valence-corrected chi connectivity index (χ4v) is 2.07. The van der Waals surface area contributed by atoms with Crippen LogP contribution >= 0.6 is 0 Å². The van der Waals surface area contributed by atoms with Crippen molar-refractivity contribution in [1.29, 1.82) is 0 Å². The van der Waals surface area contributed by atoms with Gasteiger partial charge in [0.25, 0.3) is 0 Å². The number of para-hydroxylation sites is 2. The Labute approximate surface area is 119 Å². The lowest BCUT2D eigenvalue weighted by atomic mass is 10.1. The summed E-state index contributed by atoms with van der Waals surface area (Å²) in [7, 11) is 0. The summed E-state index contributed by atoms with van der Waals surface area (Å²) in [5, 5.41) is 2.42. The van der Waals surface area contributed by atoms with Crippen LogP contribution < -0.4 is 5.32 Å². The number of rotatable bonds is 1. The summed E-state index contributed by atoms with van der Waals surface area (Å²) in [6.45, 7) is 0. The molecule has 0 atom stereocenters. The number of nitrogens with zero attached hydrogens (tertiary/aromatic N) is 1. The molecule has 0 saturated heterocycles. The molecule has 0 unspecified atom stereocenters. The van der Waals surface area contributed by atoms with Gasteiger partial charge in [-0.15, -0.1) is 0 Å². The van der Waals surface area contributed by atoms with Crippen LogP contribution in [-0.2, 0) is 0 Å². The second-order valence-electron chi connectivity index (χ2n) is 4.56. The summed E-state index contributed by atoms with van der Waals surface area (Å²) in [6, 6.07) is 15.5. The molecule has 2 aromatic carbocycles. The molecule has 1 aliphatic rings. The van der Waals surface area contributed by atoms with Gasteiger partial charge in [-0.05, 0) is 18.2 Å². The number of halogens is 3. The number of benzene rings is 2. The molecule has 106 valence electrons. The van der Waals surface area contributed by atoms with Crippen molar-refractivity contribution in [3.63, 3.8) is 0 Å². The predicted molar refractivity (Wildman–Crippen MR) is 76.8 cm³/mol. The first-order valence-electron chi connectivity index (χ1n) is 6.33. The second-order valence-corrected chi connectivity index (χ2v) is 4.56. The van der Waals surface area contributed by atoms with Gasteiger partial charge in [0.05, 0.1) is 17.1 Å². The van der Waals surface area contributed by atoms with Gasteiger partial charge in [-0.25, -0.2) is 4.99 Å². The van der Waals surface area contributed by atoms with Crippen molar-refractivity contribution < 1.29 is 13.2 Å². The van der Waals surface area contributed by atoms with Crippen molar-refractivity contribution in [1.82, 2.24) is 0 Å². The summed E-state index contributed by atoms with van der Waals surface area (Å²) in [4.78, 5) is 4.35. The predicted octanol–water partition coefficient (Wildman–Crippen LogP) is 4.68. The van der Waals surface area contributed by atoms with E-state index in [-0.39, 0.29) is 5.71 Å². The van der Waals surface area contributed by atoms with Gasteiger partial charge in [0, 0.05) is 5.56 Å². The Bertz CT molecular complexity index is 716. The summed E-state index contributed by atoms with van der Waals surface area (Å²) >= 11 is 0. The van der Waals surface area contributed by atoms with Crippen LogP contribution in [-0.4, -0.2) is 11.9 Å². The van der Waals surface area contributed by atoms with Gasteiger partial charge < -0.3 is 5.32 Å². The highest BCUT2D eigenvalue weighted by molar-refractivity contribution is 6.11. The van der Waals surface area contributed by atoms with E-state index in [1.54, 1.807) is 54.6 Å². The van der Waals surface area contributed by atoms with Crippen LogP contribution in [0.3, 0.4) is 0 Å². The maximum absolute atomic E-state index is 13.1. The molecule has 2 aromatic rings. The van der Waals surface area contributed by atoms with E-state index in [4.69, 9.17) is 0 Å². The lowest BCUT2D eigenvalue weighted by molar-refractivity contribution is -0.0901. The number of aliphatic imine (C=N–C) groups is 1. The van der Waals surface area contributed by atoms with E-state index >= 15 is 0 Å². The Balaban J connectivity index is 2.17. The molecular weight excluding hydrogens is 277 g/mol. The van der Waals surface area contributed by atoms with Crippen LogP contribution in [0.1, 0.15) is 5.56 Å². The fraction of sp³-hybridized carbons (Fsp3) is 0.0625. The van der Waals surface area contributed by atoms with Crippen molar-refractivity contribution in [2.45, 2.75) is 6.18 Å². The second kappa shape index (κ2) is 5.09. The molecule has 0 aromatic heterocycles. The molecule has 2 nitrogen and oxygen atoms in total. The van der Waals surface area contributed by atoms with Crippen LogP contribution in [0.25, 0.3) is 0 Å². The van der Waals surface area contributed by atoms with Crippen molar-refractivity contribution in [3.8, 4) is 0 Å². The summed E-state index contributed by atoms with van der Waals surface area (Å²) in [5.41, 5.74) is 0.909. The first-order chi connectivity index (χ1) is 10.0. The van der Waals surface area contributed by atoms with E-state index in [1.807, 2.05) is 0 Å². The smallest absolute Gasteiger partial charge is 0.350 e. The number of hydrogen-bond donors (Lipinski definition) is 1. The molecule has 0 fully saturated rings. The van der Waals surface area contributed by atoms with Gasteiger partial charge in [0.1, 0.15) is 5.70 Å². The van der Waals surface area contributed by atoms with Crippen LogP contribution in [0.2, 0.25) is 0 Å². The van der Waals surface area contributed by atoms with Crippen LogP contribution in [0.15, 0.2) is 71.4 Å². The molecule has 0 saturated carbocycles. The highest BCUT2D eigenvalue weighted by Gasteiger charge is 2.35.